The first-order valence-electron chi connectivity index (χ1n) is 9.59. The Labute approximate surface area is 189 Å². The minimum Gasteiger partial charge on any atom is -0.411 e. The Morgan fingerprint density at radius 3 is 2.53 bits per heavy atom. The third kappa shape index (κ3) is 3.62. The van der Waals surface area contributed by atoms with E-state index in [2.05, 4.69) is 63.3 Å². The molecule has 4 rings (SSSR count). The second-order valence-electron chi connectivity index (χ2n) is 7.25. The number of aryl methyl sites for hydroxylation is 1. The molecule has 4 aromatic rings. The van der Waals surface area contributed by atoms with Gasteiger partial charge >= 0.3 is 0 Å². The number of nitrogens with zero attached hydrogens (tertiary/aromatic N) is 2. The lowest BCUT2D eigenvalue weighted by atomic mass is 9.65. The number of aromatic nitrogens is 1. The fraction of sp³-hybridized carbons (Fsp3) is 0.120. The molecule has 1 N–H and O–H groups in total. The second-order valence-corrected chi connectivity index (χ2v) is 8.60. The van der Waals surface area contributed by atoms with Crippen molar-refractivity contribution in [3.63, 3.8) is 0 Å². The van der Waals surface area contributed by atoms with Crippen molar-refractivity contribution >= 4 is 44.6 Å². The van der Waals surface area contributed by atoms with Gasteiger partial charge in [-0.1, -0.05) is 70.0 Å². The number of oxime groups is 1. The summed E-state index contributed by atoms with van der Waals surface area (Å²) in [6.07, 6.45) is 3.87. The Hall–Kier alpha value is -2.69. The predicted molar refractivity (Wildman–Crippen MR) is 127 cm³/mol. The first-order valence-corrected chi connectivity index (χ1v) is 10.8. The Bertz CT molecular complexity index is 1220. The standard InChI is InChI=1S/C25H20BrClN2O/c1-17-4-2-3-5-22(17)25(13-15-29-30,18-6-8-19(26)9-7-18)23-12-14-28-24-16-20(27)10-11-21(23)24/h2-12,14-16,30H,13H2,1H3. The SMILES string of the molecule is Cc1ccccc1C(CC=NO)(c1ccc(Br)cc1)c1ccnc2cc(Cl)ccc12. The highest BCUT2D eigenvalue weighted by Gasteiger charge is 2.38. The maximum absolute atomic E-state index is 9.37. The number of rotatable bonds is 5. The minimum atomic E-state index is -0.576. The molecule has 0 aliphatic heterocycles. The third-order valence-corrected chi connectivity index (χ3v) is 6.35. The van der Waals surface area contributed by atoms with Crippen LogP contribution in [0.2, 0.25) is 5.02 Å². The highest BCUT2D eigenvalue weighted by atomic mass is 79.9. The van der Waals surface area contributed by atoms with Crippen LogP contribution < -0.4 is 0 Å². The molecule has 0 aliphatic rings. The molecule has 0 bridgehead atoms. The van der Waals surface area contributed by atoms with E-state index in [9.17, 15) is 5.21 Å². The van der Waals surface area contributed by atoms with Crippen LogP contribution in [0.15, 0.2) is 88.6 Å². The van der Waals surface area contributed by atoms with E-state index in [1.807, 2.05) is 48.7 Å². The van der Waals surface area contributed by atoms with Gasteiger partial charge in [0.1, 0.15) is 0 Å². The monoisotopic (exact) mass is 478 g/mol. The van der Waals surface area contributed by atoms with Crippen molar-refractivity contribution in [2.75, 3.05) is 0 Å². The highest BCUT2D eigenvalue weighted by molar-refractivity contribution is 9.10. The molecule has 0 amide bonds. The Morgan fingerprint density at radius 2 is 1.80 bits per heavy atom. The lowest BCUT2D eigenvalue weighted by Gasteiger charge is -2.37. The smallest absolute Gasteiger partial charge is 0.0720 e. The summed E-state index contributed by atoms with van der Waals surface area (Å²) < 4.78 is 1.01. The van der Waals surface area contributed by atoms with Gasteiger partial charge in [-0.3, -0.25) is 4.98 Å². The van der Waals surface area contributed by atoms with E-state index in [4.69, 9.17) is 11.6 Å². The molecule has 0 saturated carbocycles. The second kappa shape index (κ2) is 8.58. The van der Waals surface area contributed by atoms with Gasteiger partial charge in [0.2, 0.25) is 0 Å². The molecule has 3 aromatic carbocycles. The zero-order valence-electron chi connectivity index (χ0n) is 16.4. The van der Waals surface area contributed by atoms with Crippen LogP contribution >= 0.6 is 27.5 Å². The van der Waals surface area contributed by atoms with Crippen LogP contribution in [-0.4, -0.2) is 16.4 Å². The molecule has 0 aliphatic carbocycles. The maximum Gasteiger partial charge on any atom is 0.0720 e. The predicted octanol–water partition coefficient (Wildman–Crippen LogP) is 7.14. The van der Waals surface area contributed by atoms with Gasteiger partial charge in [-0.05, 0) is 59.5 Å². The molecule has 0 radical (unpaired) electrons. The van der Waals surface area contributed by atoms with Crippen LogP contribution in [0, 0.1) is 6.92 Å². The van der Waals surface area contributed by atoms with Crippen molar-refractivity contribution in [3.8, 4) is 0 Å². The van der Waals surface area contributed by atoms with E-state index < -0.39 is 5.41 Å². The molecule has 0 saturated heterocycles. The lowest BCUT2D eigenvalue weighted by Crippen LogP contribution is -2.31. The topological polar surface area (TPSA) is 45.5 Å². The number of halogens is 2. The minimum absolute atomic E-state index is 0.484. The molecule has 0 spiro atoms. The fourth-order valence-electron chi connectivity index (χ4n) is 4.25. The average molecular weight is 480 g/mol. The molecule has 1 atom stereocenters. The van der Waals surface area contributed by atoms with Crippen molar-refractivity contribution in [2.24, 2.45) is 5.16 Å². The third-order valence-electron chi connectivity index (χ3n) is 5.59. The van der Waals surface area contributed by atoms with E-state index >= 15 is 0 Å². The van der Waals surface area contributed by atoms with E-state index in [0.717, 1.165) is 37.6 Å². The highest BCUT2D eigenvalue weighted by Crippen LogP contribution is 2.45. The molecule has 1 heterocycles. The largest absolute Gasteiger partial charge is 0.411 e. The van der Waals surface area contributed by atoms with Gasteiger partial charge in [0, 0.05) is 33.7 Å². The zero-order chi connectivity index (χ0) is 21.1. The molecule has 1 aromatic heterocycles. The van der Waals surface area contributed by atoms with Crippen molar-refractivity contribution in [2.45, 2.75) is 18.8 Å². The van der Waals surface area contributed by atoms with Gasteiger partial charge in [0.05, 0.1) is 10.9 Å². The number of pyridine rings is 1. The van der Waals surface area contributed by atoms with E-state index in [0.29, 0.717) is 11.4 Å². The summed E-state index contributed by atoms with van der Waals surface area (Å²) in [5, 5.41) is 14.4. The van der Waals surface area contributed by atoms with Gasteiger partial charge in [0.25, 0.3) is 0 Å². The van der Waals surface area contributed by atoms with Crippen LogP contribution in [0.4, 0.5) is 0 Å². The summed E-state index contributed by atoms with van der Waals surface area (Å²) in [6.45, 7) is 2.11. The first-order chi connectivity index (χ1) is 14.6. The summed E-state index contributed by atoms with van der Waals surface area (Å²) in [5.41, 5.74) is 4.74. The average Bonchev–Trinajstić information content (AvgIpc) is 2.76. The number of hydrogen-bond donors (Lipinski definition) is 1. The molecule has 3 nitrogen and oxygen atoms in total. The van der Waals surface area contributed by atoms with Gasteiger partial charge in [-0.2, -0.15) is 0 Å². The summed E-state index contributed by atoms with van der Waals surface area (Å²) in [5.74, 6) is 0. The van der Waals surface area contributed by atoms with Crippen LogP contribution in [-0.2, 0) is 5.41 Å². The van der Waals surface area contributed by atoms with E-state index in [1.54, 1.807) is 6.21 Å². The summed E-state index contributed by atoms with van der Waals surface area (Å²) in [7, 11) is 0. The van der Waals surface area contributed by atoms with Crippen molar-refractivity contribution in [1.82, 2.24) is 4.98 Å². The Balaban J connectivity index is 2.15. The summed E-state index contributed by atoms with van der Waals surface area (Å²) in [4.78, 5) is 4.55. The summed E-state index contributed by atoms with van der Waals surface area (Å²) >= 11 is 9.79. The molecule has 30 heavy (non-hydrogen) atoms. The van der Waals surface area contributed by atoms with Crippen molar-refractivity contribution in [1.29, 1.82) is 0 Å². The molecule has 1 unspecified atom stereocenters. The number of benzene rings is 3. The van der Waals surface area contributed by atoms with Crippen molar-refractivity contribution in [3.05, 3.63) is 111 Å². The molecular weight excluding hydrogens is 460 g/mol. The maximum atomic E-state index is 9.37. The quantitative estimate of drug-likeness (QED) is 0.188. The van der Waals surface area contributed by atoms with Gasteiger partial charge in [0.15, 0.2) is 0 Å². The zero-order valence-corrected chi connectivity index (χ0v) is 18.7. The molecule has 5 heteroatoms. The van der Waals surface area contributed by atoms with Crippen LogP contribution in [0.5, 0.6) is 0 Å². The molecular formula is C25H20BrClN2O. The van der Waals surface area contributed by atoms with Gasteiger partial charge in [-0.15, -0.1) is 5.16 Å². The number of hydrogen-bond acceptors (Lipinski definition) is 3. The Kier molecular flexibility index (Phi) is 5.89. The van der Waals surface area contributed by atoms with Gasteiger partial charge in [-0.25, -0.2) is 0 Å². The molecule has 0 fully saturated rings. The normalized spacial score (nSPS) is 13.6. The molecule has 150 valence electrons. The number of fused-ring (bicyclic) bond motifs is 1. The fourth-order valence-corrected chi connectivity index (χ4v) is 4.68. The summed E-state index contributed by atoms with van der Waals surface area (Å²) in [6, 6.07) is 24.5. The van der Waals surface area contributed by atoms with Crippen LogP contribution in [0.1, 0.15) is 28.7 Å². The van der Waals surface area contributed by atoms with Gasteiger partial charge < -0.3 is 5.21 Å². The Morgan fingerprint density at radius 1 is 1.03 bits per heavy atom. The van der Waals surface area contributed by atoms with E-state index in [1.165, 1.54) is 0 Å². The van der Waals surface area contributed by atoms with Crippen LogP contribution in [0.3, 0.4) is 0 Å². The van der Waals surface area contributed by atoms with Crippen molar-refractivity contribution < 1.29 is 5.21 Å². The lowest BCUT2D eigenvalue weighted by molar-refractivity contribution is 0.319. The van der Waals surface area contributed by atoms with Crippen LogP contribution in [0.25, 0.3) is 10.9 Å². The first kappa shape index (κ1) is 20.6. The van der Waals surface area contributed by atoms with E-state index in [-0.39, 0.29) is 0 Å².